The van der Waals surface area contributed by atoms with Gasteiger partial charge >= 0.3 is 0 Å². The predicted molar refractivity (Wildman–Crippen MR) is 105 cm³/mol. The molecular weight excluding hydrogens is 350 g/mol. The molecule has 1 aliphatic rings. The zero-order valence-corrected chi connectivity index (χ0v) is 15.7. The van der Waals surface area contributed by atoms with Crippen LogP contribution >= 0.6 is 11.6 Å². The number of nitrogens with one attached hydrogen (secondary N) is 1. The molecule has 6 heteroatoms. The van der Waals surface area contributed by atoms with E-state index < -0.39 is 0 Å². The van der Waals surface area contributed by atoms with Gasteiger partial charge in [-0.3, -0.25) is 10.3 Å². The number of halogens is 1. The first-order valence-electron chi connectivity index (χ1n) is 8.75. The molecule has 1 saturated heterocycles. The predicted octanol–water partition coefficient (Wildman–Crippen LogP) is 3.37. The van der Waals surface area contributed by atoms with E-state index in [4.69, 9.17) is 26.5 Å². The van der Waals surface area contributed by atoms with Gasteiger partial charge in [-0.25, -0.2) is 0 Å². The molecule has 0 unspecified atom stereocenters. The molecule has 1 heterocycles. The highest BCUT2D eigenvalue weighted by Crippen LogP contribution is 2.28. The Kier molecular flexibility index (Phi) is 6.36. The molecule has 1 aliphatic heterocycles. The van der Waals surface area contributed by atoms with Gasteiger partial charge in [0.25, 0.3) is 0 Å². The van der Waals surface area contributed by atoms with Crippen LogP contribution < -0.4 is 9.47 Å². The number of ether oxygens (including phenoxy) is 2. The number of nitrogens with zero attached hydrogens (tertiary/aromatic N) is 2. The quantitative estimate of drug-likeness (QED) is 0.623. The minimum atomic E-state index is 0.572. The van der Waals surface area contributed by atoms with Gasteiger partial charge in [0.15, 0.2) is 0 Å². The molecule has 0 bridgehead atoms. The Hall–Kier alpha value is -2.24. The fourth-order valence-corrected chi connectivity index (χ4v) is 3.15. The van der Waals surface area contributed by atoms with Gasteiger partial charge in [0.05, 0.1) is 12.1 Å². The molecule has 138 valence electrons. The maximum absolute atomic E-state index is 8.36. The smallest absolute Gasteiger partial charge is 0.141 e. The summed E-state index contributed by atoms with van der Waals surface area (Å²) >= 11 is 6.16. The van der Waals surface area contributed by atoms with Crippen LogP contribution in [0.15, 0.2) is 48.5 Å². The first-order valence-corrected chi connectivity index (χ1v) is 9.13. The van der Waals surface area contributed by atoms with Crippen molar-refractivity contribution in [2.24, 2.45) is 0 Å². The van der Waals surface area contributed by atoms with Crippen molar-refractivity contribution in [3.63, 3.8) is 0 Å². The lowest BCUT2D eigenvalue weighted by atomic mass is 10.1. The third-order valence-corrected chi connectivity index (χ3v) is 4.85. The third-order valence-electron chi connectivity index (χ3n) is 4.54. The van der Waals surface area contributed by atoms with Gasteiger partial charge < -0.3 is 14.4 Å². The van der Waals surface area contributed by atoms with Crippen LogP contribution in [0.25, 0.3) is 0 Å². The second-order valence-corrected chi connectivity index (χ2v) is 6.60. The Morgan fingerprint density at radius 3 is 2.50 bits per heavy atom. The monoisotopic (exact) mass is 373 g/mol. The SMILES string of the molecule is COc1ccc(Cl)c(OCCN2CCN(C(=N)c3ccccc3)CC2)c1. The Morgan fingerprint density at radius 2 is 1.81 bits per heavy atom. The van der Waals surface area contributed by atoms with Gasteiger partial charge in [-0.15, -0.1) is 0 Å². The second kappa shape index (κ2) is 8.92. The molecule has 3 rings (SSSR count). The lowest BCUT2D eigenvalue weighted by Gasteiger charge is -2.36. The van der Waals surface area contributed by atoms with Crippen LogP contribution in [0.2, 0.25) is 5.02 Å². The van der Waals surface area contributed by atoms with Crippen LogP contribution in [-0.2, 0) is 0 Å². The molecule has 0 saturated carbocycles. The van der Waals surface area contributed by atoms with Crippen molar-refractivity contribution in [1.29, 1.82) is 5.41 Å². The third kappa shape index (κ3) is 4.68. The van der Waals surface area contributed by atoms with Gasteiger partial charge in [-0.05, 0) is 12.1 Å². The Bertz CT molecular complexity index is 731. The summed E-state index contributed by atoms with van der Waals surface area (Å²) in [6, 6.07) is 15.3. The van der Waals surface area contributed by atoms with Crippen molar-refractivity contribution < 1.29 is 9.47 Å². The minimum absolute atomic E-state index is 0.572. The van der Waals surface area contributed by atoms with Crippen molar-refractivity contribution >= 4 is 17.4 Å². The molecular formula is C20H24ClN3O2. The molecule has 1 N–H and O–H groups in total. The number of amidine groups is 1. The summed E-state index contributed by atoms with van der Waals surface area (Å²) in [6.45, 7) is 4.96. The number of hydrogen-bond acceptors (Lipinski definition) is 4. The normalized spacial score (nSPS) is 14.9. The van der Waals surface area contributed by atoms with E-state index in [0.717, 1.165) is 44.0 Å². The molecule has 1 fully saturated rings. The van der Waals surface area contributed by atoms with Crippen LogP contribution in [-0.4, -0.2) is 62.1 Å². The van der Waals surface area contributed by atoms with Gasteiger partial charge in [0, 0.05) is 44.4 Å². The molecule has 0 amide bonds. The summed E-state index contributed by atoms with van der Waals surface area (Å²) in [5.74, 6) is 1.98. The van der Waals surface area contributed by atoms with E-state index in [9.17, 15) is 0 Å². The molecule has 26 heavy (non-hydrogen) atoms. The van der Waals surface area contributed by atoms with Gasteiger partial charge in [0.1, 0.15) is 23.9 Å². The fraction of sp³-hybridized carbons (Fsp3) is 0.350. The van der Waals surface area contributed by atoms with Gasteiger partial charge in [-0.1, -0.05) is 41.9 Å². The highest BCUT2D eigenvalue weighted by Gasteiger charge is 2.19. The van der Waals surface area contributed by atoms with E-state index in [1.54, 1.807) is 13.2 Å². The average molecular weight is 374 g/mol. The zero-order chi connectivity index (χ0) is 18.4. The Labute approximate surface area is 159 Å². The van der Waals surface area contributed by atoms with Crippen LogP contribution in [0.3, 0.4) is 0 Å². The topological polar surface area (TPSA) is 48.8 Å². The van der Waals surface area contributed by atoms with Crippen molar-refractivity contribution in [2.75, 3.05) is 46.4 Å². The second-order valence-electron chi connectivity index (χ2n) is 6.19. The number of piperazine rings is 1. The van der Waals surface area contributed by atoms with E-state index >= 15 is 0 Å². The number of rotatable bonds is 6. The maximum Gasteiger partial charge on any atom is 0.141 e. The van der Waals surface area contributed by atoms with Crippen molar-refractivity contribution in [1.82, 2.24) is 9.80 Å². The lowest BCUT2D eigenvalue weighted by Crippen LogP contribution is -2.49. The van der Waals surface area contributed by atoms with Crippen LogP contribution in [0.5, 0.6) is 11.5 Å². The average Bonchev–Trinajstić information content (AvgIpc) is 2.70. The van der Waals surface area contributed by atoms with E-state index in [0.29, 0.717) is 23.2 Å². The molecule has 0 radical (unpaired) electrons. The molecule has 2 aromatic rings. The summed E-state index contributed by atoms with van der Waals surface area (Å²) in [4.78, 5) is 4.48. The largest absolute Gasteiger partial charge is 0.497 e. The number of methoxy groups -OCH3 is 1. The van der Waals surface area contributed by atoms with Gasteiger partial charge in [-0.2, -0.15) is 0 Å². The lowest BCUT2D eigenvalue weighted by molar-refractivity contribution is 0.154. The van der Waals surface area contributed by atoms with E-state index in [-0.39, 0.29) is 0 Å². The fourth-order valence-electron chi connectivity index (χ4n) is 2.98. The van der Waals surface area contributed by atoms with E-state index in [2.05, 4.69) is 9.80 Å². The molecule has 0 atom stereocenters. The highest BCUT2D eigenvalue weighted by molar-refractivity contribution is 6.32. The Balaban J connectivity index is 1.44. The first-order chi connectivity index (χ1) is 12.7. The molecule has 5 nitrogen and oxygen atoms in total. The first kappa shape index (κ1) is 18.5. The Morgan fingerprint density at radius 1 is 1.08 bits per heavy atom. The zero-order valence-electron chi connectivity index (χ0n) is 15.0. The maximum atomic E-state index is 8.36. The summed E-state index contributed by atoms with van der Waals surface area (Å²) in [5, 5.41) is 8.95. The van der Waals surface area contributed by atoms with Crippen LogP contribution in [0.1, 0.15) is 5.56 Å². The summed E-state index contributed by atoms with van der Waals surface area (Å²) in [6.07, 6.45) is 0. The number of benzene rings is 2. The molecule has 0 aliphatic carbocycles. The van der Waals surface area contributed by atoms with Crippen molar-refractivity contribution in [2.45, 2.75) is 0 Å². The van der Waals surface area contributed by atoms with Crippen molar-refractivity contribution in [3.8, 4) is 11.5 Å². The highest BCUT2D eigenvalue weighted by atomic mass is 35.5. The van der Waals surface area contributed by atoms with Gasteiger partial charge in [0.2, 0.25) is 0 Å². The standard InChI is InChI=1S/C20H24ClN3O2/c1-25-17-7-8-18(21)19(15-17)26-14-13-23-9-11-24(12-10-23)20(22)16-5-3-2-4-6-16/h2-8,15,22H,9-14H2,1H3. The molecule has 2 aromatic carbocycles. The van der Waals surface area contributed by atoms with E-state index in [1.165, 1.54) is 0 Å². The van der Waals surface area contributed by atoms with E-state index in [1.807, 2.05) is 42.5 Å². The minimum Gasteiger partial charge on any atom is -0.497 e. The summed E-state index contributed by atoms with van der Waals surface area (Å²) < 4.78 is 11.0. The summed E-state index contributed by atoms with van der Waals surface area (Å²) in [7, 11) is 1.62. The number of hydrogen-bond donors (Lipinski definition) is 1. The molecule has 0 aromatic heterocycles. The van der Waals surface area contributed by atoms with Crippen molar-refractivity contribution in [3.05, 3.63) is 59.1 Å². The van der Waals surface area contributed by atoms with Crippen LogP contribution in [0, 0.1) is 5.41 Å². The molecule has 0 spiro atoms. The van der Waals surface area contributed by atoms with Crippen LogP contribution in [0.4, 0.5) is 0 Å². The summed E-state index contributed by atoms with van der Waals surface area (Å²) in [5.41, 5.74) is 0.969.